The van der Waals surface area contributed by atoms with Gasteiger partial charge >= 0.3 is 5.97 Å². The van der Waals surface area contributed by atoms with Crippen LogP contribution in [0.4, 0.5) is 0 Å². The summed E-state index contributed by atoms with van der Waals surface area (Å²) in [5.41, 5.74) is 3.83. The van der Waals surface area contributed by atoms with E-state index in [-0.39, 0.29) is 25.0 Å². The van der Waals surface area contributed by atoms with Crippen molar-refractivity contribution in [1.82, 2.24) is 15.1 Å². The van der Waals surface area contributed by atoms with Crippen LogP contribution in [-0.4, -0.2) is 66.9 Å². The number of rotatable bonds is 7. The molecule has 2 aromatic rings. The molecule has 164 valence electrons. The first kappa shape index (κ1) is 22.5. The SMILES string of the molecule is Cc1ccc(C(=O)NCC(=O)OCC(=O)N2CCN(Cc3ccccc3)CC2)cc1C. The second-order valence-electron chi connectivity index (χ2n) is 7.78. The van der Waals surface area contributed by atoms with Gasteiger partial charge in [0, 0.05) is 38.3 Å². The average Bonchev–Trinajstić information content (AvgIpc) is 2.79. The fourth-order valence-corrected chi connectivity index (χ4v) is 3.42. The van der Waals surface area contributed by atoms with Gasteiger partial charge in [0.05, 0.1) is 0 Å². The van der Waals surface area contributed by atoms with Gasteiger partial charge in [0.15, 0.2) is 6.61 Å². The Morgan fingerprint density at radius 2 is 1.65 bits per heavy atom. The van der Waals surface area contributed by atoms with Crippen LogP contribution in [-0.2, 0) is 20.9 Å². The van der Waals surface area contributed by atoms with Crippen molar-refractivity contribution in [2.24, 2.45) is 0 Å². The summed E-state index contributed by atoms with van der Waals surface area (Å²) in [4.78, 5) is 40.4. The molecule has 1 fully saturated rings. The molecule has 31 heavy (non-hydrogen) atoms. The molecule has 1 N–H and O–H groups in total. The summed E-state index contributed by atoms with van der Waals surface area (Å²) < 4.78 is 5.05. The molecule has 1 aliphatic heterocycles. The molecule has 0 aromatic heterocycles. The fraction of sp³-hybridized carbons (Fsp3) is 0.375. The molecule has 1 aliphatic rings. The number of nitrogens with zero attached hydrogens (tertiary/aromatic N) is 2. The normalized spacial score (nSPS) is 14.2. The minimum absolute atomic E-state index is 0.215. The number of carbonyl (C=O) groups is 3. The molecule has 0 bridgehead atoms. The molecule has 7 heteroatoms. The first-order valence-corrected chi connectivity index (χ1v) is 10.5. The third kappa shape index (κ3) is 6.65. The summed E-state index contributed by atoms with van der Waals surface area (Å²) in [7, 11) is 0. The number of amides is 2. The van der Waals surface area contributed by atoms with Crippen molar-refractivity contribution >= 4 is 17.8 Å². The zero-order valence-corrected chi connectivity index (χ0v) is 18.1. The molecular weight excluding hydrogens is 394 g/mol. The molecule has 0 saturated carbocycles. The van der Waals surface area contributed by atoms with E-state index >= 15 is 0 Å². The van der Waals surface area contributed by atoms with Crippen LogP contribution in [0.25, 0.3) is 0 Å². The molecule has 0 atom stereocenters. The molecule has 7 nitrogen and oxygen atoms in total. The van der Waals surface area contributed by atoms with Gasteiger partial charge in [-0.15, -0.1) is 0 Å². The van der Waals surface area contributed by atoms with Crippen molar-refractivity contribution in [3.05, 3.63) is 70.8 Å². The molecular formula is C24H29N3O4. The Hall–Kier alpha value is -3.19. The zero-order valence-electron chi connectivity index (χ0n) is 18.1. The number of esters is 1. The number of piperazine rings is 1. The zero-order chi connectivity index (χ0) is 22.2. The largest absolute Gasteiger partial charge is 0.454 e. The number of nitrogens with one attached hydrogen (secondary N) is 1. The van der Waals surface area contributed by atoms with E-state index in [0.717, 1.165) is 30.8 Å². The van der Waals surface area contributed by atoms with Gasteiger partial charge in [-0.1, -0.05) is 36.4 Å². The lowest BCUT2D eigenvalue weighted by Gasteiger charge is -2.34. The molecule has 0 spiro atoms. The van der Waals surface area contributed by atoms with Crippen molar-refractivity contribution < 1.29 is 19.1 Å². The van der Waals surface area contributed by atoms with Gasteiger partial charge in [-0.25, -0.2) is 0 Å². The Morgan fingerprint density at radius 1 is 0.935 bits per heavy atom. The van der Waals surface area contributed by atoms with Crippen LogP contribution in [0.2, 0.25) is 0 Å². The first-order valence-electron chi connectivity index (χ1n) is 10.5. The Balaban J connectivity index is 1.35. The Bertz CT molecular complexity index is 922. The van der Waals surface area contributed by atoms with Crippen molar-refractivity contribution in [3.8, 4) is 0 Å². The van der Waals surface area contributed by atoms with Crippen LogP contribution in [0.5, 0.6) is 0 Å². The predicted octanol–water partition coefficient (Wildman–Crippen LogP) is 1.92. The summed E-state index contributed by atoms with van der Waals surface area (Å²) in [6.45, 7) is 6.93. The third-order valence-electron chi connectivity index (χ3n) is 5.49. The van der Waals surface area contributed by atoms with Gasteiger partial charge in [-0.3, -0.25) is 19.3 Å². The Labute approximate surface area is 183 Å². The number of hydrogen-bond acceptors (Lipinski definition) is 5. The monoisotopic (exact) mass is 423 g/mol. The van der Waals surface area contributed by atoms with E-state index in [1.54, 1.807) is 17.0 Å². The highest BCUT2D eigenvalue weighted by Gasteiger charge is 2.22. The number of ether oxygens (including phenoxy) is 1. The molecule has 1 saturated heterocycles. The van der Waals surface area contributed by atoms with Crippen LogP contribution in [0, 0.1) is 13.8 Å². The Morgan fingerprint density at radius 3 is 2.32 bits per heavy atom. The van der Waals surface area contributed by atoms with Crippen LogP contribution in [0.3, 0.4) is 0 Å². The highest BCUT2D eigenvalue weighted by Crippen LogP contribution is 2.10. The number of benzene rings is 2. The van der Waals surface area contributed by atoms with E-state index in [4.69, 9.17) is 4.74 Å². The van der Waals surface area contributed by atoms with Crippen molar-refractivity contribution in [2.75, 3.05) is 39.3 Å². The summed E-state index contributed by atoms with van der Waals surface area (Å²) in [5.74, 6) is -1.19. The lowest BCUT2D eigenvalue weighted by atomic mass is 10.1. The molecule has 0 radical (unpaired) electrons. The molecule has 3 rings (SSSR count). The first-order chi connectivity index (χ1) is 14.9. The Kier molecular flexibility index (Phi) is 7.78. The number of hydrogen-bond donors (Lipinski definition) is 1. The molecule has 1 heterocycles. The van der Waals surface area contributed by atoms with Crippen molar-refractivity contribution in [3.63, 3.8) is 0 Å². The van der Waals surface area contributed by atoms with Crippen LogP contribution in [0.15, 0.2) is 48.5 Å². The number of aryl methyl sites for hydroxylation is 2. The lowest BCUT2D eigenvalue weighted by Crippen LogP contribution is -2.49. The molecule has 2 aromatic carbocycles. The van der Waals surface area contributed by atoms with E-state index in [2.05, 4.69) is 22.3 Å². The standard InChI is InChI=1S/C24H29N3O4/c1-18-8-9-21(14-19(18)2)24(30)25-15-23(29)31-17-22(28)27-12-10-26(11-13-27)16-20-6-4-3-5-7-20/h3-9,14H,10-13,15-17H2,1-2H3,(H,25,30). The summed E-state index contributed by atoms with van der Waals surface area (Å²) in [6.07, 6.45) is 0. The van der Waals surface area contributed by atoms with Gasteiger partial charge in [-0.2, -0.15) is 0 Å². The van der Waals surface area contributed by atoms with E-state index in [1.807, 2.05) is 38.1 Å². The topological polar surface area (TPSA) is 78.9 Å². The van der Waals surface area contributed by atoms with Gasteiger partial charge in [0.2, 0.25) is 0 Å². The van der Waals surface area contributed by atoms with Crippen LogP contribution in [0.1, 0.15) is 27.0 Å². The van der Waals surface area contributed by atoms with E-state index in [0.29, 0.717) is 18.7 Å². The van der Waals surface area contributed by atoms with E-state index in [9.17, 15) is 14.4 Å². The van der Waals surface area contributed by atoms with Gasteiger partial charge in [0.25, 0.3) is 11.8 Å². The van der Waals surface area contributed by atoms with Gasteiger partial charge < -0.3 is 15.0 Å². The number of carbonyl (C=O) groups excluding carboxylic acids is 3. The van der Waals surface area contributed by atoms with Crippen LogP contribution >= 0.6 is 0 Å². The smallest absolute Gasteiger partial charge is 0.325 e. The second-order valence-corrected chi connectivity index (χ2v) is 7.78. The van der Waals surface area contributed by atoms with Crippen molar-refractivity contribution in [2.45, 2.75) is 20.4 Å². The average molecular weight is 424 g/mol. The fourth-order valence-electron chi connectivity index (χ4n) is 3.42. The van der Waals surface area contributed by atoms with E-state index < -0.39 is 5.97 Å². The quantitative estimate of drug-likeness (QED) is 0.689. The second kappa shape index (κ2) is 10.7. The van der Waals surface area contributed by atoms with Crippen molar-refractivity contribution in [1.29, 1.82) is 0 Å². The maximum atomic E-state index is 12.3. The molecule has 0 unspecified atom stereocenters. The van der Waals surface area contributed by atoms with Gasteiger partial charge in [0.1, 0.15) is 6.54 Å². The minimum atomic E-state index is -0.631. The highest BCUT2D eigenvalue weighted by molar-refractivity contribution is 5.96. The summed E-state index contributed by atoms with van der Waals surface area (Å²) in [6, 6.07) is 15.6. The predicted molar refractivity (Wildman–Crippen MR) is 118 cm³/mol. The maximum Gasteiger partial charge on any atom is 0.325 e. The van der Waals surface area contributed by atoms with Crippen LogP contribution < -0.4 is 5.32 Å². The molecule has 0 aliphatic carbocycles. The third-order valence-corrected chi connectivity index (χ3v) is 5.49. The van der Waals surface area contributed by atoms with Gasteiger partial charge in [-0.05, 0) is 42.7 Å². The summed E-state index contributed by atoms with van der Waals surface area (Å²) >= 11 is 0. The lowest BCUT2D eigenvalue weighted by molar-refractivity contribution is -0.151. The van der Waals surface area contributed by atoms with E-state index in [1.165, 1.54) is 5.56 Å². The molecule has 2 amide bonds. The summed E-state index contributed by atoms with van der Waals surface area (Å²) in [5, 5.41) is 2.53. The maximum absolute atomic E-state index is 12.3. The minimum Gasteiger partial charge on any atom is -0.454 e. The highest BCUT2D eigenvalue weighted by atomic mass is 16.5.